The van der Waals surface area contributed by atoms with Gasteiger partial charge >= 0.3 is 5.97 Å². The van der Waals surface area contributed by atoms with Crippen molar-refractivity contribution in [1.82, 2.24) is 10.3 Å². The zero-order valence-electron chi connectivity index (χ0n) is 10.7. The molecule has 104 valence electrons. The molecule has 7 heteroatoms. The SMILES string of the molecule is CC(C)NC(=O)CCNc1ncc(C(=O)O)cc1Cl. The highest BCUT2D eigenvalue weighted by Crippen LogP contribution is 2.19. The number of carboxylic acids is 1. The minimum absolute atomic E-state index is 0.0214. The summed E-state index contributed by atoms with van der Waals surface area (Å²) in [6.07, 6.45) is 1.50. The maximum atomic E-state index is 11.4. The molecule has 0 aliphatic carbocycles. The molecule has 6 nitrogen and oxygen atoms in total. The highest BCUT2D eigenvalue weighted by Gasteiger charge is 2.09. The number of nitrogens with zero attached hydrogens (tertiary/aromatic N) is 1. The van der Waals surface area contributed by atoms with Crippen LogP contribution in [0.25, 0.3) is 0 Å². The van der Waals surface area contributed by atoms with Gasteiger partial charge in [0.15, 0.2) is 0 Å². The van der Waals surface area contributed by atoms with Gasteiger partial charge in [-0.1, -0.05) is 11.6 Å². The van der Waals surface area contributed by atoms with Crippen LogP contribution in [0.2, 0.25) is 5.02 Å². The minimum Gasteiger partial charge on any atom is -0.478 e. The zero-order chi connectivity index (χ0) is 14.4. The molecule has 1 amide bonds. The number of pyridine rings is 1. The van der Waals surface area contributed by atoms with Crippen LogP contribution in [0.3, 0.4) is 0 Å². The van der Waals surface area contributed by atoms with Crippen molar-refractivity contribution in [1.29, 1.82) is 0 Å². The third-order valence-electron chi connectivity index (χ3n) is 2.18. The third-order valence-corrected chi connectivity index (χ3v) is 2.47. The molecule has 0 atom stereocenters. The quantitative estimate of drug-likeness (QED) is 0.741. The highest BCUT2D eigenvalue weighted by molar-refractivity contribution is 6.33. The van der Waals surface area contributed by atoms with Gasteiger partial charge in [-0.15, -0.1) is 0 Å². The molecule has 0 aliphatic rings. The molecule has 0 bridgehead atoms. The molecule has 1 heterocycles. The van der Waals surface area contributed by atoms with Crippen molar-refractivity contribution in [3.63, 3.8) is 0 Å². The Hall–Kier alpha value is -1.82. The lowest BCUT2D eigenvalue weighted by Gasteiger charge is -2.10. The van der Waals surface area contributed by atoms with Gasteiger partial charge in [0, 0.05) is 25.2 Å². The van der Waals surface area contributed by atoms with Crippen LogP contribution in [0.1, 0.15) is 30.6 Å². The fourth-order valence-corrected chi connectivity index (χ4v) is 1.61. The average molecular weight is 286 g/mol. The number of halogens is 1. The fourth-order valence-electron chi connectivity index (χ4n) is 1.37. The summed E-state index contributed by atoms with van der Waals surface area (Å²) in [4.78, 5) is 26.0. The van der Waals surface area contributed by atoms with Crippen LogP contribution in [0.15, 0.2) is 12.3 Å². The first-order valence-electron chi connectivity index (χ1n) is 5.82. The molecule has 0 aliphatic heterocycles. The van der Waals surface area contributed by atoms with E-state index in [0.717, 1.165) is 0 Å². The Labute approximate surface area is 116 Å². The van der Waals surface area contributed by atoms with Crippen LogP contribution in [0.4, 0.5) is 5.82 Å². The molecule has 19 heavy (non-hydrogen) atoms. The number of amides is 1. The topological polar surface area (TPSA) is 91.3 Å². The monoisotopic (exact) mass is 285 g/mol. The minimum atomic E-state index is -1.09. The van der Waals surface area contributed by atoms with Crippen molar-refractivity contribution in [2.75, 3.05) is 11.9 Å². The molecule has 0 aromatic carbocycles. The molecule has 0 fully saturated rings. The molecule has 0 saturated heterocycles. The van der Waals surface area contributed by atoms with Gasteiger partial charge in [-0.05, 0) is 19.9 Å². The van der Waals surface area contributed by atoms with E-state index in [9.17, 15) is 9.59 Å². The molecular weight excluding hydrogens is 270 g/mol. The molecular formula is C12H16ClN3O3. The van der Waals surface area contributed by atoms with Crippen LogP contribution in [-0.4, -0.2) is 34.6 Å². The summed E-state index contributed by atoms with van der Waals surface area (Å²) < 4.78 is 0. The summed E-state index contributed by atoms with van der Waals surface area (Å²) >= 11 is 5.88. The van der Waals surface area contributed by atoms with Crippen molar-refractivity contribution in [3.05, 3.63) is 22.8 Å². The molecule has 3 N–H and O–H groups in total. The van der Waals surface area contributed by atoms with E-state index in [1.54, 1.807) is 0 Å². The zero-order valence-corrected chi connectivity index (χ0v) is 11.5. The normalized spacial score (nSPS) is 10.3. The van der Waals surface area contributed by atoms with Gasteiger partial charge in [0.25, 0.3) is 0 Å². The van der Waals surface area contributed by atoms with E-state index in [2.05, 4.69) is 15.6 Å². The lowest BCUT2D eigenvalue weighted by atomic mass is 10.3. The molecule has 1 aromatic rings. The summed E-state index contributed by atoms with van der Waals surface area (Å²) in [6, 6.07) is 1.41. The van der Waals surface area contributed by atoms with E-state index in [1.165, 1.54) is 12.3 Å². The Balaban J connectivity index is 2.50. The smallest absolute Gasteiger partial charge is 0.337 e. The predicted molar refractivity (Wildman–Crippen MR) is 72.6 cm³/mol. The molecule has 0 radical (unpaired) electrons. The lowest BCUT2D eigenvalue weighted by molar-refractivity contribution is -0.121. The van der Waals surface area contributed by atoms with Crippen LogP contribution >= 0.6 is 11.6 Å². The van der Waals surface area contributed by atoms with Gasteiger partial charge in [-0.3, -0.25) is 4.79 Å². The Morgan fingerprint density at radius 2 is 2.16 bits per heavy atom. The van der Waals surface area contributed by atoms with Crippen LogP contribution in [0.5, 0.6) is 0 Å². The second kappa shape index (κ2) is 6.94. The number of rotatable bonds is 6. The fraction of sp³-hybridized carbons (Fsp3) is 0.417. The molecule has 1 rings (SSSR count). The molecule has 0 saturated carbocycles. The van der Waals surface area contributed by atoms with Crippen molar-refractivity contribution in [2.45, 2.75) is 26.3 Å². The van der Waals surface area contributed by atoms with Gasteiger partial charge in [0.2, 0.25) is 5.91 Å². The van der Waals surface area contributed by atoms with Crippen LogP contribution in [-0.2, 0) is 4.79 Å². The Kier molecular flexibility index (Phi) is 5.57. The predicted octanol–water partition coefficient (Wildman–Crippen LogP) is 1.76. The molecule has 0 spiro atoms. The second-order valence-electron chi connectivity index (χ2n) is 4.26. The van der Waals surface area contributed by atoms with Gasteiger partial charge < -0.3 is 15.7 Å². The van der Waals surface area contributed by atoms with Crippen LogP contribution in [0, 0.1) is 0 Å². The maximum absolute atomic E-state index is 11.4. The van der Waals surface area contributed by atoms with Crippen molar-refractivity contribution >= 4 is 29.3 Å². The number of nitrogens with one attached hydrogen (secondary N) is 2. The first kappa shape index (κ1) is 15.2. The van der Waals surface area contributed by atoms with Gasteiger partial charge in [0.1, 0.15) is 5.82 Å². The second-order valence-corrected chi connectivity index (χ2v) is 4.67. The Morgan fingerprint density at radius 1 is 1.47 bits per heavy atom. The largest absolute Gasteiger partial charge is 0.478 e. The van der Waals surface area contributed by atoms with Gasteiger partial charge in [-0.2, -0.15) is 0 Å². The third kappa shape index (κ3) is 5.13. The number of hydrogen-bond acceptors (Lipinski definition) is 4. The van der Waals surface area contributed by atoms with E-state index < -0.39 is 5.97 Å². The lowest BCUT2D eigenvalue weighted by Crippen LogP contribution is -2.31. The number of aromatic nitrogens is 1. The highest BCUT2D eigenvalue weighted by atomic mass is 35.5. The Bertz CT molecular complexity index is 477. The average Bonchev–Trinajstić information content (AvgIpc) is 2.29. The van der Waals surface area contributed by atoms with E-state index in [0.29, 0.717) is 12.4 Å². The number of carbonyl (C=O) groups excluding carboxylic acids is 1. The Morgan fingerprint density at radius 3 is 2.68 bits per heavy atom. The van der Waals surface area contributed by atoms with Crippen molar-refractivity contribution in [3.8, 4) is 0 Å². The van der Waals surface area contributed by atoms with E-state index in [1.807, 2.05) is 13.8 Å². The summed E-state index contributed by atoms with van der Waals surface area (Å²) in [5.74, 6) is -0.790. The van der Waals surface area contributed by atoms with E-state index in [-0.39, 0.29) is 29.0 Å². The first-order valence-corrected chi connectivity index (χ1v) is 6.20. The summed E-state index contributed by atoms with van der Waals surface area (Å²) in [7, 11) is 0. The number of carbonyl (C=O) groups is 2. The molecule has 0 unspecified atom stereocenters. The summed E-state index contributed by atoms with van der Waals surface area (Å²) in [5, 5.41) is 14.6. The van der Waals surface area contributed by atoms with Crippen LogP contribution < -0.4 is 10.6 Å². The number of aromatic carboxylic acids is 1. The van der Waals surface area contributed by atoms with E-state index in [4.69, 9.17) is 16.7 Å². The van der Waals surface area contributed by atoms with Gasteiger partial charge in [-0.25, -0.2) is 9.78 Å². The summed E-state index contributed by atoms with van der Waals surface area (Å²) in [6.45, 7) is 4.14. The first-order chi connectivity index (χ1) is 8.90. The van der Waals surface area contributed by atoms with Crippen molar-refractivity contribution < 1.29 is 14.7 Å². The maximum Gasteiger partial charge on any atom is 0.337 e. The van der Waals surface area contributed by atoms with Crippen molar-refractivity contribution in [2.24, 2.45) is 0 Å². The number of anilines is 1. The molecule has 1 aromatic heterocycles. The van der Waals surface area contributed by atoms with Gasteiger partial charge in [0.05, 0.1) is 10.6 Å². The number of hydrogen-bond donors (Lipinski definition) is 3. The number of carboxylic acid groups (broad SMARTS) is 1. The van der Waals surface area contributed by atoms with E-state index >= 15 is 0 Å². The standard InChI is InChI=1S/C12H16ClN3O3/c1-7(2)16-10(17)3-4-14-11-9(13)5-8(6-15-11)12(18)19/h5-7H,3-4H2,1-2H3,(H,14,15)(H,16,17)(H,18,19). The summed E-state index contributed by atoms with van der Waals surface area (Å²) in [5.41, 5.74) is 0.0214.